The number of rotatable bonds is 50. The van der Waals surface area contributed by atoms with E-state index in [1.165, 1.54) is 6.08 Å². The van der Waals surface area contributed by atoms with Crippen LogP contribution in [0.1, 0.15) is 66.2 Å². The first-order valence-electron chi connectivity index (χ1n) is 44.2. The third-order valence-corrected chi connectivity index (χ3v) is 68.5. The number of ether oxygens (including phenoxy) is 8. The number of nitrogens with one attached hydrogen (secondary N) is 2. The maximum absolute atomic E-state index is 11.6. The zero-order valence-electron chi connectivity index (χ0n) is 87.0. The molecule has 0 spiro atoms. The Hall–Kier alpha value is -3.17. The van der Waals surface area contributed by atoms with Gasteiger partial charge in [-0.1, -0.05) is 39.5 Å². The molecule has 45 heteroatoms. The third-order valence-electron chi connectivity index (χ3n) is 15.1. The predicted molar refractivity (Wildman–Crippen MR) is 556 cm³/mol. The van der Waals surface area contributed by atoms with E-state index in [1.807, 2.05) is 39.3 Å². The summed E-state index contributed by atoms with van der Waals surface area (Å²) >= 11 is 0. The smallest absolute Gasteiger partial charge is 0.463 e. The Morgan fingerprint density at radius 3 is 0.756 bits per heavy atom. The van der Waals surface area contributed by atoms with Gasteiger partial charge in [0.2, 0.25) is 0 Å². The van der Waals surface area contributed by atoms with E-state index < -0.39 is 159 Å². The van der Waals surface area contributed by atoms with Crippen molar-refractivity contribution in [2.45, 2.75) is 338 Å². The van der Waals surface area contributed by atoms with Gasteiger partial charge in [-0.3, -0.25) is 0 Å². The number of hydrogen-bond donors (Lipinski definition) is 2. The van der Waals surface area contributed by atoms with Crippen molar-refractivity contribution in [1.82, 2.24) is 10.6 Å². The van der Waals surface area contributed by atoms with Crippen molar-refractivity contribution in [3.63, 3.8) is 0 Å². The number of amides is 2. The normalized spacial score (nSPS) is 14.7. The van der Waals surface area contributed by atoms with E-state index in [4.69, 9.17) is 78.4 Å². The fourth-order valence-corrected chi connectivity index (χ4v) is 80.9. The van der Waals surface area contributed by atoms with Crippen molar-refractivity contribution in [3.05, 3.63) is 73.9 Å². The van der Waals surface area contributed by atoms with Crippen molar-refractivity contribution < 1.29 is 122 Å². The van der Waals surface area contributed by atoms with Crippen LogP contribution < -0.4 is 10.6 Å². The van der Waals surface area contributed by atoms with Gasteiger partial charge in [-0.15, -0.1) is 0 Å². The van der Waals surface area contributed by atoms with E-state index in [0.717, 1.165) is 62.0 Å². The lowest BCUT2D eigenvalue weighted by Gasteiger charge is -2.47. The molecule has 29 nitrogen and oxygen atoms in total. The molecule has 0 radical (unpaired) electrons. The average molecular weight is 2080 g/mol. The Morgan fingerprint density at radius 2 is 0.496 bits per heavy atom. The van der Waals surface area contributed by atoms with E-state index in [1.54, 1.807) is 27.7 Å². The lowest BCUT2D eigenvalue weighted by atomic mass is 10.4. The van der Waals surface area contributed by atoms with Gasteiger partial charge in [0.25, 0.3) is 0 Å². The highest BCUT2D eigenvalue weighted by molar-refractivity contribution is 6.94. The zero-order valence-corrected chi connectivity index (χ0v) is 103. The summed E-state index contributed by atoms with van der Waals surface area (Å²) in [5, 5.41) is 5.36. The standard InChI is InChI=1S/C16H38O5Si4.C15H31NO5Si2.C14H29NO5Si2.C14H32O6Si4.C12H26O3Si2.C11H24O3Si2/c1-15(2)16(17)18-13-12-14-25(19-22(3,4)5,20-23(6,7)8)21-24(9,10)11;1-13(2)14(17)19-10-11-20-15(18)16-9-8-12-23(6,7)21-22(3,4)5;1-7-13(16)18-10-11-19-14(17)15-9-8-12-22(5,6)20-21(2,3)4;1-13(2)14(15)16-11-10-12-24(9)19-22(5,6)17-21(3,4)18-23(7,8)20-24;1-11(2)12(13)14-9-8-10-17(6,7)15-16(3,4)5;1-7-11(12)13-9-8-10-16(5,6)14-15(2,3)4/h1,12-14H2,2-11H3;1,8-12H2,2-7H3,(H,16,18);7H,1,8-12H2,2-6H3,(H,15,17);1,10-12H2,2-9H3;1,8-10H2,2-7H3;7H,1,8-10H2,2-6H3. The maximum atomic E-state index is 11.6. The Bertz CT molecular complexity index is 3330. The van der Waals surface area contributed by atoms with Crippen LogP contribution in [-0.2, 0) is 112 Å². The molecule has 0 unspecified atom stereocenters. The van der Waals surface area contributed by atoms with E-state index in [-0.39, 0.29) is 50.3 Å². The number of carbonyl (C=O) groups is 8. The van der Waals surface area contributed by atoms with Crippen molar-refractivity contribution in [2.24, 2.45) is 0 Å². The molecule has 0 saturated carbocycles. The van der Waals surface area contributed by atoms with E-state index in [0.29, 0.717) is 80.7 Å². The molecule has 0 aromatic carbocycles. The van der Waals surface area contributed by atoms with Gasteiger partial charge in [0.05, 0.1) is 26.4 Å². The molecule has 0 atom stereocenters. The van der Waals surface area contributed by atoms with Crippen molar-refractivity contribution in [1.29, 1.82) is 0 Å². The fourth-order valence-electron chi connectivity index (χ4n) is 12.6. The molecular formula is C82H180N2O27Si16. The topological polar surface area (TPSA) is 336 Å². The van der Waals surface area contributed by atoms with Crippen LogP contribution in [0.15, 0.2) is 73.9 Å². The lowest BCUT2D eigenvalue weighted by Crippen LogP contribution is -2.65. The van der Waals surface area contributed by atoms with Crippen LogP contribution in [-0.4, -0.2) is 248 Å². The zero-order chi connectivity index (χ0) is 101. The second kappa shape index (κ2) is 60.3. The van der Waals surface area contributed by atoms with Crippen LogP contribution in [0, 0.1) is 0 Å². The van der Waals surface area contributed by atoms with E-state index in [2.05, 4.69) is 251 Å². The van der Waals surface area contributed by atoms with Gasteiger partial charge in [0.15, 0.2) is 91.5 Å². The lowest BCUT2D eigenvalue weighted by molar-refractivity contribution is -0.140. The minimum Gasteiger partial charge on any atom is -0.463 e. The largest absolute Gasteiger partial charge is 0.469 e. The van der Waals surface area contributed by atoms with Crippen LogP contribution in [0.3, 0.4) is 0 Å². The molecule has 2 N–H and O–H groups in total. The second-order valence-corrected chi connectivity index (χ2v) is 110. The minimum atomic E-state index is -2.83. The van der Waals surface area contributed by atoms with Gasteiger partial charge >= 0.3 is 91.1 Å². The summed E-state index contributed by atoms with van der Waals surface area (Å²) in [5.41, 5.74) is 1.60. The average Bonchev–Trinajstić information content (AvgIpc) is 0.769. The van der Waals surface area contributed by atoms with Gasteiger partial charge in [-0.25, -0.2) is 38.4 Å². The molecule has 0 bridgehead atoms. The second-order valence-electron chi connectivity index (χ2n) is 42.1. The van der Waals surface area contributed by atoms with Crippen molar-refractivity contribution in [3.8, 4) is 0 Å². The SMILES string of the molecule is C=C(C)C(=O)OCCC[Si](C)(C)O[Si](C)(C)C.C=C(C)C(=O)OCCC[Si](O[Si](C)(C)C)(O[Si](C)(C)C)O[Si](C)(C)C.C=C(C)C(=O)OCCC[Si]1(C)O[Si](C)(C)O[Si](C)(C)O[Si](C)(C)O1.C=C(C)C(=O)OCCOC(=O)NCCC[Si](C)(C)O[Si](C)(C)C.C=CC(=O)OCCC[Si](C)(C)O[Si](C)(C)C.C=CC(=O)OCCOC(=O)NCCC[Si](C)(C)O[Si](C)(C)C. The molecule has 0 aromatic heterocycles. The van der Waals surface area contributed by atoms with Crippen LogP contribution in [0.25, 0.3) is 0 Å². The fraction of sp³-hybridized carbons (Fsp3) is 0.756. The van der Waals surface area contributed by atoms with Crippen molar-refractivity contribution >= 4 is 183 Å². The molecule has 1 fully saturated rings. The van der Waals surface area contributed by atoms with Gasteiger partial charge in [0.1, 0.15) is 26.4 Å². The molecular weight excluding hydrogens is 1890 g/mol. The van der Waals surface area contributed by atoms with Crippen LogP contribution in [0.2, 0.25) is 272 Å². The summed E-state index contributed by atoms with van der Waals surface area (Å²) in [5.74, 6) is -2.36. The summed E-state index contributed by atoms with van der Waals surface area (Å²) in [4.78, 5) is 89.7. The highest BCUT2D eigenvalue weighted by Gasteiger charge is 2.53. The van der Waals surface area contributed by atoms with Crippen molar-refractivity contribution in [2.75, 3.05) is 65.9 Å². The molecule has 1 heterocycles. The highest BCUT2D eigenvalue weighted by atomic mass is 28.5. The number of carbonyl (C=O) groups excluding carboxylic acids is 8. The maximum Gasteiger partial charge on any atom is 0.469 e. The van der Waals surface area contributed by atoms with Gasteiger partial charge in [-0.05, 0) is 332 Å². The van der Waals surface area contributed by atoms with Gasteiger partial charge < -0.3 is 93.8 Å². The number of alkyl carbamates (subject to hydrolysis) is 2. The Morgan fingerprint density at radius 1 is 0.283 bits per heavy atom. The van der Waals surface area contributed by atoms with Gasteiger partial charge in [-0.2, -0.15) is 0 Å². The predicted octanol–water partition coefficient (Wildman–Crippen LogP) is 21.6. The van der Waals surface area contributed by atoms with E-state index >= 15 is 0 Å². The third kappa shape index (κ3) is 85.5. The summed E-state index contributed by atoms with van der Waals surface area (Å²) < 4.78 is 110. The summed E-state index contributed by atoms with van der Waals surface area (Å²) in [6, 6.07) is 5.46. The summed E-state index contributed by atoms with van der Waals surface area (Å²) in [6.45, 7) is 108. The minimum absolute atomic E-state index is 0.0300. The Kier molecular flexibility index (Phi) is 62.9. The number of hydrogen-bond acceptors (Lipinski definition) is 27. The van der Waals surface area contributed by atoms with Crippen LogP contribution in [0.5, 0.6) is 0 Å². The Balaban J connectivity index is -0.000000472. The summed E-state index contributed by atoms with van der Waals surface area (Å²) in [6.07, 6.45) is 6.11. The highest BCUT2D eigenvalue weighted by Crippen LogP contribution is 2.35. The van der Waals surface area contributed by atoms with Crippen LogP contribution in [0.4, 0.5) is 9.59 Å². The first kappa shape index (κ1) is 132. The molecule has 2 amide bonds. The molecule has 1 aliphatic heterocycles. The first-order chi connectivity index (χ1) is 56.8. The molecule has 1 saturated heterocycles. The molecule has 127 heavy (non-hydrogen) atoms. The summed E-state index contributed by atoms with van der Waals surface area (Å²) in [7, 11) is -30.2. The Labute approximate surface area is 787 Å². The molecule has 0 aromatic rings. The molecule has 0 aliphatic carbocycles. The van der Waals surface area contributed by atoms with Crippen LogP contribution >= 0.6 is 0 Å². The van der Waals surface area contributed by atoms with E-state index in [9.17, 15) is 38.4 Å². The molecule has 1 rings (SSSR count). The quantitative estimate of drug-likeness (QED) is 0.0188. The first-order valence-corrected chi connectivity index (χ1v) is 93.4. The monoisotopic (exact) mass is 2070 g/mol. The molecule has 1 aliphatic rings. The van der Waals surface area contributed by atoms with Gasteiger partial charge in [0, 0.05) is 53.6 Å². The molecule has 744 valence electrons. The number of esters is 6.